The molecule has 0 N–H and O–H groups in total. The van der Waals surface area contributed by atoms with Crippen LogP contribution in [0.4, 0.5) is 0 Å². The van der Waals surface area contributed by atoms with E-state index in [1.807, 2.05) is 36.4 Å². The number of aromatic nitrogens is 5. The van der Waals surface area contributed by atoms with Gasteiger partial charge in [0, 0.05) is 17.1 Å². The Morgan fingerprint density at radius 1 is 0.967 bits per heavy atom. The van der Waals surface area contributed by atoms with Crippen molar-refractivity contribution in [1.82, 2.24) is 25.0 Å². The number of carboxylic acids is 1. The minimum absolute atomic E-state index is 0. The summed E-state index contributed by atoms with van der Waals surface area (Å²) in [4.78, 5) is 20.0. The van der Waals surface area contributed by atoms with E-state index in [4.69, 9.17) is 4.98 Å². The molecule has 0 aliphatic heterocycles. The predicted molar refractivity (Wildman–Crippen MR) is 106 cm³/mol. The average molecular weight is 387 g/mol. The first-order chi connectivity index (χ1) is 14.2. The minimum Gasteiger partial charge on any atom is -0.545 e. The fourth-order valence-corrected chi connectivity index (χ4v) is 3.29. The summed E-state index contributed by atoms with van der Waals surface area (Å²) < 4.78 is 1.76. The van der Waals surface area contributed by atoms with Crippen LogP contribution in [0.2, 0.25) is 0 Å². The summed E-state index contributed by atoms with van der Waals surface area (Å²) >= 11 is 0. The molecular weight excluding hydrogens is 373 g/mol. The van der Waals surface area contributed by atoms with Crippen LogP contribution in [0.3, 0.4) is 0 Å². The van der Waals surface area contributed by atoms with Crippen LogP contribution in [0, 0.1) is 0 Å². The Morgan fingerprint density at radius 3 is 2.57 bits per heavy atom. The van der Waals surface area contributed by atoms with Gasteiger partial charge in [0.2, 0.25) is 0 Å². The monoisotopic (exact) mass is 387 g/mol. The van der Waals surface area contributed by atoms with Crippen molar-refractivity contribution in [2.75, 3.05) is 0 Å². The Bertz CT molecular complexity index is 1370. The number of fused-ring (bicyclic) bond motifs is 2. The van der Waals surface area contributed by atoms with Crippen molar-refractivity contribution in [2.24, 2.45) is 0 Å². The maximum atomic E-state index is 10.9. The Hall–Kier alpha value is -3.53. The molecule has 0 saturated carbocycles. The number of carbonyl (C=O) groups excluding carboxylic acids is 1. The predicted octanol–water partition coefficient (Wildman–Crippen LogP) is -0.543. The number of hydrogen-bond acceptors (Lipinski definition) is 6. The van der Waals surface area contributed by atoms with Crippen molar-refractivity contribution in [3.8, 4) is 11.3 Å². The molecule has 0 aliphatic carbocycles. The number of rotatable bonds is 4. The topological polar surface area (TPSA) is 96.6 Å². The van der Waals surface area contributed by atoms with E-state index in [0.29, 0.717) is 23.4 Å². The molecule has 5 aromatic rings. The zero-order valence-electron chi connectivity index (χ0n) is 16.2. The average Bonchev–Trinajstić information content (AvgIpc) is 3.15. The smallest absolute Gasteiger partial charge is 0.545 e. The second-order valence-electron chi connectivity index (χ2n) is 6.68. The molecule has 7 nitrogen and oxygen atoms in total. The Labute approximate surface area is 183 Å². The number of benzene rings is 2. The third-order valence-corrected chi connectivity index (χ3v) is 4.78. The zero-order valence-corrected chi connectivity index (χ0v) is 16.2. The molecule has 0 fully saturated rings. The number of carbonyl (C=O) groups is 1. The number of aromatic carboxylic acids is 1. The fourth-order valence-electron chi connectivity index (χ4n) is 3.29. The summed E-state index contributed by atoms with van der Waals surface area (Å²) in [7, 11) is 0. The fraction of sp³-hybridized carbons (Fsp3) is 0.0455. The normalized spacial score (nSPS) is 10.8. The zero-order chi connectivity index (χ0) is 19.8. The molecule has 3 heterocycles. The largest absolute Gasteiger partial charge is 1.00 e. The van der Waals surface area contributed by atoms with Gasteiger partial charge in [-0.1, -0.05) is 41.6 Å². The molecule has 2 aromatic carbocycles. The van der Waals surface area contributed by atoms with Crippen LogP contribution < -0.4 is 24.0 Å². The molecule has 3 aromatic heterocycles. The second-order valence-corrected chi connectivity index (χ2v) is 6.68. The van der Waals surface area contributed by atoms with Gasteiger partial charge in [0.1, 0.15) is 5.52 Å². The summed E-state index contributed by atoms with van der Waals surface area (Å²) in [6, 6.07) is 20.2. The molecule has 5 rings (SSSR count). The number of hydrogen-bond donors (Lipinski definition) is 0. The van der Waals surface area contributed by atoms with Gasteiger partial charge < -0.3 is 9.90 Å². The molecule has 8 heteroatoms. The SMILES string of the molecule is O=C([O-])c1ccc(-c2ccc3nnn(Cc4ccc5ncccc5c4)c3n2)cc1.[Li+]. The minimum atomic E-state index is -1.20. The van der Waals surface area contributed by atoms with Crippen LogP contribution in [-0.4, -0.2) is 30.9 Å². The van der Waals surface area contributed by atoms with E-state index < -0.39 is 5.97 Å². The van der Waals surface area contributed by atoms with E-state index in [9.17, 15) is 9.90 Å². The summed E-state index contributed by atoms with van der Waals surface area (Å²) in [6.07, 6.45) is 1.78. The van der Waals surface area contributed by atoms with Crippen LogP contribution in [0.5, 0.6) is 0 Å². The van der Waals surface area contributed by atoms with Crippen molar-refractivity contribution in [3.63, 3.8) is 0 Å². The molecule has 0 unspecified atom stereocenters. The van der Waals surface area contributed by atoms with E-state index in [-0.39, 0.29) is 24.4 Å². The Kier molecular flexibility index (Phi) is 5.32. The van der Waals surface area contributed by atoms with Crippen molar-refractivity contribution in [3.05, 3.63) is 84.1 Å². The van der Waals surface area contributed by atoms with Gasteiger partial charge in [-0.3, -0.25) is 4.98 Å². The van der Waals surface area contributed by atoms with Crippen molar-refractivity contribution in [2.45, 2.75) is 6.54 Å². The van der Waals surface area contributed by atoms with E-state index >= 15 is 0 Å². The number of carboxylic acid groups (broad SMARTS) is 1. The standard InChI is InChI=1S/C22H15N5O2.Li/c28-22(29)16-6-4-15(5-7-16)19-9-10-20-21(24-19)27(26-25-20)13-14-3-8-18-17(12-14)2-1-11-23-18;/h1-12H,13H2,(H,28,29);/q;+1/p-1. The van der Waals surface area contributed by atoms with Crippen molar-refractivity contribution < 1.29 is 28.8 Å². The molecule has 0 aliphatic rings. The van der Waals surface area contributed by atoms with Crippen LogP contribution in [0.25, 0.3) is 33.3 Å². The molecule has 0 saturated heterocycles. The van der Waals surface area contributed by atoms with Crippen LogP contribution in [0.1, 0.15) is 15.9 Å². The summed E-state index contributed by atoms with van der Waals surface area (Å²) in [5.74, 6) is -1.20. The molecule has 0 atom stereocenters. The Morgan fingerprint density at radius 2 is 1.77 bits per heavy atom. The maximum Gasteiger partial charge on any atom is 1.00 e. The first-order valence-electron chi connectivity index (χ1n) is 9.03. The van der Waals surface area contributed by atoms with Crippen LogP contribution >= 0.6 is 0 Å². The molecule has 30 heavy (non-hydrogen) atoms. The molecule has 0 bridgehead atoms. The third kappa shape index (κ3) is 3.69. The molecule has 0 radical (unpaired) electrons. The molecular formula is C22H14LiN5O2. The van der Waals surface area contributed by atoms with Gasteiger partial charge in [-0.25, -0.2) is 9.67 Å². The molecule has 0 spiro atoms. The van der Waals surface area contributed by atoms with E-state index in [1.165, 1.54) is 12.1 Å². The molecule has 140 valence electrons. The second kappa shape index (κ2) is 8.07. The van der Waals surface area contributed by atoms with Gasteiger partial charge in [0.05, 0.1) is 23.7 Å². The first kappa shape index (κ1) is 19.8. The first-order valence-corrected chi connectivity index (χ1v) is 9.03. The van der Waals surface area contributed by atoms with Gasteiger partial charge in [-0.15, -0.1) is 5.10 Å². The summed E-state index contributed by atoms with van der Waals surface area (Å²) in [5, 5.41) is 20.5. The number of nitrogens with zero attached hydrogens (tertiary/aromatic N) is 5. The van der Waals surface area contributed by atoms with Gasteiger partial charge in [0.15, 0.2) is 5.65 Å². The van der Waals surface area contributed by atoms with Gasteiger partial charge >= 0.3 is 18.9 Å². The third-order valence-electron chi connectivity index (χ3n) is 4.78. The van der Waals surface area contributed by atoms with Crippen molar-refractivity contribution >= 4 is 28.0 Å². The van der Waals surface area contributed by atoms with Gasteiger partial charge in [0.25, 0.3) is 0 Å². The summed E-state index contributed by atoms with van der Waals surface area (Å²) in [5.41, 5.74) is 5.03. The van der Waals surface area contributed by atoms with E-state index in [1.54, 1.807) is 23.0 Å². The van der Waals surface area contributed by atoms with Gasteiger partial charge in [-0.05, 0) is 41.5 Å². The van der Waals surface area contributed by atoms with E-state index in [0.717, 1.165) is 22.0 Å². The summed E-state index contributed by atoms with van der Waals surface area (Å²) in [6.45, 7) is 0.529. The van der Waals surface area contributed by atoms with Crippen LogP contribution in [-0.2, 0) is 6.54 Å². The van der Waals surface area contributed by atoms with Crippen LogP contribution in [0.15, 0.2) is 72.9 Å². The maximum absolute atomic E-state index is 10.9. The number of pyridine rings is 2. The van der Waals surface area contributed by atoms with E-state index in [2.05, 4.69) is 21.4 Å². The van der Waals surface area contributed by atoms with Crippen molar-refractivity contribution in [1.29, 1.82) is 0 Å². The molecule has 0 amide bonds. The quantitative estimate of drug-likeness (QED) is 0.384. The van der Waals surface area contributed by atoms with Gasteiger partial charge in [-0.2, -0.15) is 0 Å². The Balaban J connectivity index is 0.00000218.